The molecule has 0 amide bonds. The Morgan fingerprint density at radius 3 is 2.42 bits per heavy atom. The monoisotopic (exact) mass is 435 g/mol. The minimum absolute atomic E-state index is 0.0736. The number of anilines is 1. The summed E-state index contributed by atoms with van der Waals surface area (Å²) in [6.45, 7) is 7.67. The van der Waals surface area contributed by atoms with Gasteiger partial charge in [-0.15, -0.1) is 5.10 Å². The lowest BCUT2D eigenvalue weighted by atomic mass is 10.0. The summed E-state index contributed by atoms with van der Waals surface area (Å²) in [6, 6.07) is 15.7. The average molecular weight is 436 g/mol. The number of hydrogen-bond donors (Lipinski definition) is 1. The van der Waals surface area contributed by atoms with Crippen LogP contribution in [0.2, 0.25) is 0 Å². The number of nitrogens with zero attached hydrogens (tertiary/aromatic N) is 7. The number of benzene rings is 2. The van der Waals surface area contributed by atoms with Crippen molar-refractivity contribution in [3.63, 3.8) is 0 Å². The Kier molecular flexibility index (Phi) is 5.29. The Balaban J connectivity index is 1.41. The third kappa shape index (κ3) is 3.86. The van der Waals surface area contributed by atoms with E-state index in [0.717, 1.165) is 48.2 Å². The van der Waals surface area contributed by atoms with Crippen molar-refractivity contribution < 1.29 is 5.11 Å². The summed E-state index contributed by atoms with van der Waals surface area (Å²) in [7, 11) is 0. The van der Waals surface area contributed by atoms with Crippen molar-refractivity contribution in [3.8, 4) is 5.75 Å². The molecule has 31 heavy (non-hydrogen) atoms. The van der Waals surface area contributed by atoms with E-state index in [0.29, 0.717) is 0 Å². The van der Waals surface area contributed by atoms with E-state index in [-0.39, 0.29) is 17.8 Å². The summed E-state index contributed by atoms with van der Waals surface area (Å²) < 4.78 is 3.11. The zero-order valence-corrected chi connectivity index (χ0v) is 18.4. The number of rotatable bonds is 5. The van der Waals surface area contributed by atoms with Crippen LogP contribution in [0.1, 0.15) is 37.3 Å². The quantitative estimate of drug-likeness (QED) is 0.514. The highest BCUT2D eigenvalue weighted by Crippen LogP contribution is 2.33. The molecule has 2 aromatic heterocycles. The molecule has 9 heteroatoms. The van der Waals surface area contributed by atoms with Gasteiger partial charge in [-0.3, -0.25) is 4.90 Å². The van der Waals surface area contributed by atoms with Crippen LogP contribution in [0.3, 0.4) is 0 Å². The number of fused-ring (bicyclic) bond motifs is 1. The maximum atomic E-state index is 9.77. The molecule has 0 spiro atoms. The molecule has 1 atom stereocenters. The van der Waals surface area contributed by atoms with E-state index in [1.54, 1.807) is 23.5 Å². The summed E-state index contributed by atoms with van der Waals surface area (Å²) in [5.74, 6) is 1.08. The highest BCUT2D eigenvalue weighted by Gasteiger charge is 2.31. The lowest BCUT2D eigenvalue weighted by Gasteiger charge is -2.39. The lowest BCUT2D eigenvalue weighted by Crippen LogP contribution is -2.48. The van der Waals surface area contributed by atoms with Crippen LogP contribution in [0.5, 0.6) is 5.75 Å². The second-order valence-corrected chi connectivity index (χ2v) is 9.07. The van der Waals surface area contributed by atoms with Crippen LogP contribution in [0, 0.1) is 0 Å². The standard InChI is InChI=1S/C22H25N7OS/c1-15(2)29-21(24-25-26-29)20(16-7-9-17(30)10-8-16)27-11-13-28(14-12-27)22-23-18-5-3-4-6-19(18)31-22/h3-10,15,20,30H,11-14H2,1-2H3. The van der Waals surface area contributed by atoms with Gasteiger partial charge in [0.15, 0.2) is 11.0 Å². The minimum Gasteiger partial charge on any atom is -0.508 e. The van der Waals surface area contributed by atoms with Crippen LogP contribution in [-0.4, -0.2) is 61.4 Å². The van der Waals surface area contributed by atoms with E-state index in [1.807, 2.05) is 22.9 Å². The van der Waals surface area contributed by atoms with E-state index in [9.17, 15) is 5.11 Å². The third-order valence-electron chi connectivity index (χ3n) is 5.69. The molecule has 8 nitrogen and oxygen atoms in total. The molecule has 0 radical (unpaired) electrons. The first kappa shape index (κ1) is 19.9. The summed E-state index contributed by atoms with van der Waals surface area (Å²) in [4.78, 5) is 9.60. The highest BCUT2D eigenvalue weighted by molar-refractivity contribution is 7.22. The Morgan fingerprint density at radius 1 is 0.968 bits per heavy atom. The summed E-state index contributed by atoms with van der Waals surface area (Å²) in [6.07, 6.45) is 0. The predicted molar refractivity (Wildman–Crippen MR) is 122 cm³/mol. The second-order valence-electron chi connectivity index (χ2n) is 8.06. The summed E-state index contributed by atoms with van der Waals surface area (Å²) in [5, 5.41) is 23.4. The van der Waals surface area contributed by atoms with Gasteiger partial charge in [0.05, 0.1) is 22.3 Å². The van der Waals surface area contributed by atoms with Crippen molar-refractivity contribution in [1.29, 1.82) is 0 Å². The Bertz CT molecular complexity index is 1130. The first-order valence-electron chi connectivity index (χ1n) is 10.5. The maximum absolute atomic E-state index is 9.77. The van der Waals surface area contributed by atoms with Gasteiger partial charge in [-0.2, -0.15) is 0 Å². The molecule has 5 rings (SSSR count). The first-order chi connectivity index (χ1) is 15.1. The van der Waals surface area contributed by atoms with Gasteiger partial charge in [0.1, 0.15) is 5.75 Å². The first-order valence-corrected chi connectivity index (χ1v) is 11.3. The largest absolute Gasteiger partial charge is 0.508 e. The molecule has 1 unspecified atom stereocenters. The minimum atomic E-state index is -0.0736. The van der Waals surface area contributed by atoms with Gasteiger partial charge in [0.25, 0.3) is 0 Å². The van der Waals surface area contributed by atoms with E-state index in [4.69, 9.17) is 4.98 Å². The molecule has 1 aliphatic heterocycles. The summed E-state index contributed by atoms with van der Waals surface area (Å²) >= 11 is 1.75. The van der Waals surface area contributed by atoms with Gasteiger partial charge in [0, 0.05) is 26.2 Å². The van der Waals surface area contributed by atoms with E-state index in [2.05, 4.69) is 57.4 Å². The zero-order chi connectivity index (χ0) is 21.4. The predicted octanol–water partition coefficient (Wildman–Crippen LogP) is 3.48. The van der Waals surface area contributed by atoms with Crippen molar-refractivity contribution >= 4 is 26.7 Å². The molecule has 0 aliphatic carbocycles. The van der Waals surface area contributed by atoms with Crippen LogP contribution >= 0.6 is 11.3 Å². The van der Waals surface area contributed by atoms with Crippen LogP contribution < -0.4 is 4.90 Å². The van der Waals surface area contributed by atoms with Crippen molar-refractivity contribution in [2.24, 2.45) is 0 Å². The van der Waals surface area contributed by atoms with Crippen molar-refractivity contribution in [2.45, 2.75) is 25.9 Å². The Hall–Kier alpha value is -3.04. The summed E-state index contributed by atoms with van der Waals surface area (Å²) in [5.41, 5.74) is 2.13. The number of aromatic nitrogens is 5. The molecule has 4 aromatic rings. The fourth-order valence-corrected chi connectivity index (χ4v) is 5.11. The number of piperazine rings is 1. The number of phenols is 1. The van der Waals surface area contributed by atoms with Crippen LogP contribution in [0.15, 0.2) is 48.5 Å². The van der Waals surface area contributed by atoms with Crippen LogP contribution in [-0.2, 0) is 0 Å². The van der Waals surface area contributed by atoms with Gasteiger partial charge in [-0.05, 0) is 54.1 Å². The molecular weight excluding hydrogens is 410 g/mol. The number of tetrazole rings is 1. The van der Waals surface area contributed by atoms with Crippen molar-refractivity contribution in [2.75, 3.05) is 31.1 Å². The normalized spacial score (nSPS) is 16.3. The fraction of sp³-hybridized carbons (Fsp3) is 0.364. The molecule has 0 saturated carbocycles. The molecule has 2 aromatic carbocycles. The molecule has 160 valence electrons. The van der Waals surface area contributed by atoms with Crippen LogP contribution in [0.4, 0.5) is 5.13 Å². The lowest BCUT2D eigenvalue weighted by molar-refractivity contribution is 0.199. The Morgan fingerprint density at radius 2 is 1.71 bits per heavy atom. The Labute approximate surface area is 184 Å². The number of thiazole rings is 1. The molecule has 1 N–H and O–H groups in total. The average Bonchev–Trinajstić information content (AvgIpc) is 3.43. The molecule has 1 aliphatic rings. The van der Waals surface area contributed by atoms with Gasteiger partial charge >= 0.3 is 0 Å². The van der Waals surface area contributed by atoms with Crippen LogP contribution in [0.25, 0.3) is 10.2 Å². The molecule has 0 bridgehead atoms. The molecular formula is C22H25N7OS. The molecule has 3 heterocycles. The third-order valence-corrected chi connectivity index (χ3v) is 6.79. The number of phenolic OH excluding ortho intramolecular Hbond substituents is 1. The zero-order valence-electron chi connectivity index (χ0n) is 17.6. The smallest absolute Gasteiger partial charge is 0.186 e. The van der Waals surface area contributed by atoms with Gasteiger partial charge in [0.2, 0.25) is 0 Å². The number of para-hydroxylation sites is 1. The van der Waals surface area contributed by atoms with Crippen molar-refractivity contribution in [1.82, 2.24) is 30.1 Å². The molecule has 1 saturated heterocycles. The van der Waals surface area contributed by atoms with E-state index in [1.165, 1.54) is 4.70 Å². The highest BCUT2D eigenvalue weighted by atomic mass is 32.1. The maximum Gasteiger partial charge on any atom is 0.186 e. The van der Waals surface area contributed by atoms with Gasteiger partial charge in [-0.1, -0.05) is 35.6 Å². The number of hydrogen-bond acceptors (Lipinski definition) is 8. The molecule has 1 fully saturated rings. The fourth-order valence-electron chi connectivity index (χ4n) is 4.09. The van der Waals surface area contributed by atoms with Crippen molar-refractivity contribution in [3.05, 3.63) is 59.9 Å². The number of aromatic hydroxyl groups is 1. The van der Waals surface area contributed by atoms with Gasteiger partial charge < -0.3 is 10.0 Å². The SMILES string of the molecule is CC(C)n1nnnc1C(c1ccc(O)cc1)N1CCN(c2nc3ccccc3s2)CC1. The topological polar surface area (TPSA) is 83.2 Å². The van der Waals surface area contributed by atoms with E-state index < -0.39 is 0 Å². The second kappa shape index (κ2) is 8.24. The van der Waals surface area contributed by atoms with Gasteiger partial charge in [-0.25, -0.2) is 9.67 Å². The van der Waals surface area contributed by atoms with E-state index >= 15 is 0 Å².